The fourth-order valence-electron chi connectivity index (χ4n) is 4.94. The third kappa shape index (κ3) is 10.3. The van der Waals surface area contributed by atoms with Crippen LogP contribution in [0.4, 0.5) is 8.78 Å². The van der Waals surface area contributed by atoms with E-state index in [0.29, 0.717) is 24.2 Å². The van der Waals surface area contributed by atoms with Gasteiger partial charge >= 0.3 is 11.9 Å². The van der Waals surface area contributed by atoms with Gasteiger partial charge in [0.2, 0.25) is 11.6 Å². The number of carbonyl (C=O) groups is 2. The molecule has 0 saturated carbocycles. The van der Waals surface area contributed by atoms with Gasteiger partial charge in [-0.15, -0.1) is 0 Å². The molecule has 246 valence electrons. The lowest BCUT2D eigenvalue weighted by Crippen LogP contribution is -2.19. The van der Waals surface area contributed by atoms with Crippen LogP contribution in [0.5, 0.6) is 23.0 Å². The van der Waals surface area contributed by atoms with Gasteiger partial charge < -0.3 is 28.4 Å². The number of unbranched alkanes of at least 4 members (excludes halogenated alkanes) is 4. The van der Waals surface area contributed by atoms with E-state index < -0.39 is 35.1 Å². The topological polar surface area (TPSA) is 96.1 Å². The molecule has 0 aromatic heterocycles. The van der Waals surface area contributed by atoms with Crippen molar-refractivity contribution in [2.75, 3.05) is 19.8 Å². The molecule has 3 aromatic carbocycles. The van der Waals surface area contributed by atoms with Crippen molar-refractivity contribution in [1.29, 1.82) is 0 Å². The van der Waals surface area contributed by atoms with Gasteiger partial charge in [-0.1, -0.05) is 39.0 Å². The van der Waals surface area contributed by atoms with Crippen LogP contribution in [0.2, 0.25) is 0 Å². The smallest absolute Gasteiger partial charge is 0.343 e. The Labute approximate surface area is 267 Å². The first-order valence-electron chi connectivity index (χ1n) is 16.0. The highest BCUT2D eigenvalue weighted by Gasteiger charge is 2.28. The van der Waals surface area contributed by atoms with Crippen molar-refractivity contribution in [3.05, 3.63) is 83.4 Å². The Morgan fingerprint density at radius 2 is 1.28 bits per heavy atom. The fraction of sp³-hybridized carbons (Fsp3) is 0.444. The molecule has 2 aliphatic rings. The predicted octanol–water partition coefficient (Wildman–Crippen LogP) is 7.86. The zero-order valence-corrected chi connectivity index (χ0v) is 26.0. The van der Waals surface area contributed by atoms with Gasteiger partial charge in [0.1, 0.15) is 17.6 Å². The lowest BCUT2D eigenvalue weighted by atomic mass is 10.1. The highest BCUT2D eigenvalue weighted by molar-refractivity contribution is 5.92. The summed E-state index contributed by atoms with van der Waals surface area (Å²) in [7, 11) is 0. The zero-order valence-electron chi connectivity index (χ0n) is 26.0. The predicted molar refractivity (Wildman–Crippen MR) is 166 cm³/mol. The minimum Gasteiger partial charge on any atom is -0.494 e. The summed E-state index contributed by atoms with van der Waals surface area (Å²) < 4.78 is 62.2. The normalized spacial score (nSPS) is 17.2. The van der Waals surface area contributed by atoms with E-state index in [-0.39, 0.29) is 23.3 Å². The molecule has 2 fully saturated rings. The molecule has 0 N–H and O–H groups in total. The van der Waals surface area contributed by atoms with Crippen molar-refractivity contribution < 1.29 is 46.8 Å². The lowest BCUT2D eigenvalue weighted by Gasteiger charge is -2.18. The first kappa shape index (κ1) is 33.3. The van der Waals surface area contributed by atoms with Gasteiger partial charge in [0.25, 0.3) is 0 Å². The van der Waals surface area contributed by atoms with Gasteiger partial charge in [0.05, 0.1) is 43.2 Å². The van der Waals surface area contributed by atoms with Gasteiger partial charge in [-0.2, -0.15) is 8.78 Å². The second-order valence-corrected chi connectivity index (χ2v) is 11.6. The SMILES string of the molecule is CCCCC(CC1CO1)Oc1ccc(C(=O)Oc2ccc(OC(=O)c3ccc(OCCCCCCC4CO4)cc3)c(F)c2F)cc1. The number of rotatable bonds is 19. The third-order valence-corrected chi connectivity index (χ3v) is 7.80. The number of carbonyl (C=O) groups excluding carboxylic acids is 2. The van der Waals surface area contributed by atoms with Crippen LogP contribution >= 0.6 is 0 Å². The van der Waals surface area contributed by atoms with Crippen LogP contribution in [0.1, 0.15) is 85.4 Å². The average molecular weight is 639 g/mol. The molecular weight excluding hydrogens is 598 g/mol. The van der Waals surface area contributed by atoms with Crippen LogP contribution in [-0.4, -0.2) is 50.1 Å². The Kier molecular flexibility index (Phi) is 12.0. The maximum atomic E-state index is 14.8. The summed E-state index contributed by atoms with van der Waals surface area (Å²) in [6.45, 7) is 4.32. The van der Waals surface area contributed by atoms with Crippen molar-refractivity contribution in [3.63, 3.8) is 0 Å². The largest absolute Gasteiger partial charge is 0.494 e. The number of benzene rings is 3. The van der Waals surface area contributed by atoms with E-state index in [4.69, 9.17) is 28.4 Å². The van der Waals surface area contributed by atoms with E-state index >= 15 is 0 Å². The fourth-order valence-corrected chi connectivity index (χ4v) is 4.94. The number of epoxide rings is 2. The summed E-state index contributed by atoms with van der Waals surface area (Å²) in [5, 5.41) is 0. The summed E-state index contributed by atoms with van der Waals surface area (Å²) in [6, 6.07) is 14.5. The molecule has 2 aliphatic heterocycles. The van der Waals surface area contributed by atoms with Crippen molar-refractivity contribution in [3.8, 4) is 23.0 Å². The summed E-state index contributed by atoms with van der Waals surface area (Å²) in [5.74, 6) is -4.75. The van der Waals surface area contributed by atoms with Crippen LogP contribution in [0.25, 0.3) is 0 Å². The molecule has 0 radical (unpaired) electrons. The Balaban J connectivity index is 1.08. The maximum absolute atomic E-state index is 14.8. The second-order valence-electron chi connectivity index (χ2n) is 11.6. The lowest BCUT2D eigenvalue weighted by molar-refractivity contribution is 0.0706. The van der Waals surface area contributed by atoms with E-state index in [9.17, 15) is 18.4 Å². The van der Waals surface area contributed by atoms with E-state index in [1.54, 1.807) is 24.3 Å². The molecular formula is C36H40F2O8. The highest BCUT2D eigenvalue weighted by atomic mass is 19.2. The minimum atomic E-state index is -1.45. The third-order valence-electron chi connectivity index (χ3n) is 7.80. The molecule has 10 heteroatoms. The first-order chi connectivity index (χ1) is 22.4. The Morgan fingerprint density at radius 3 is 1.83 bits per heavy atom. The van der Waals surface area contributed by atoms with E-state index in [1.807, 2.05) is 0 Å². The van der Waals surface area contributed by atoms with Gasteiger partial charge in [-0.25, -0.2) is 9.59 Å². The molecule has 46 heavy (non-hydrogen) atoms. The summed E-state index contributed by atoms with van der Waals surface area (Å²) >= 11 is 0. The Morgan fingerprint density at radius 1 is 0.739 bits per heavy atom. The Hall–Kier alpha value is -4.02. The molecule has 0 aliphatic carbocycles. The molecule has 2 heterocycles. The van der Waals surface area contributed by atoms with Crippen molar-refractivity contribution >= 4 is 11.9 Å². The molecule has 5 rings (SSSR count). The summed E-state index contributed by atoms with van der Waals surface area (Å²) in [5.41, 5.74) is 0.264. The number of hydrogen-bond donors (Lipinski definition) is 0. The summed E-state index contributed by atoms with van der Waals surface area (Å²) in [6.07, 6.45) is 9.89. The average Bonchev–Trinajstić information content (AvgIpc) is 4.01. The maximum Gasteiger partial charge on any atom is 0.343 e. The van der Waals surface area contributed by atoms with E-state index in [1.165, 1.54) is 24.3 Å². The van der Waals surface area contributed by atoms with E-state index in [0.717, 1.165) is 83.1 Å². The van der Waals surface area contributed by atoms with Crippen LogP contribution in [0.15, 0.2) is 60.7 Å². The van der Waals surface area contributed by atoms with Crippen LogP contribution in [-0.2, 0) is 9.47 Å². The molecule has 3 aromatic rings. The monoisotopic (exact) mass is 638 g/mol. The van der Waals surface area contributed by atoms with Crippen LogP contribution < -0.4 is 18.9 Å². The number of ether oxygens (including phenoxy) is 6. The van der Waals surface area contributed by atoms with Gasteiger partial charge in [0, 0.05) is 6.42 Å². The molecule has 0 spiro atoms. The Bertz CT molecular complexity index is 1440. The highest BCUT2D eigenvalue weighted by Crippen LogP contribution is 2.30. The van der Waals surface area contributed by atoms with Gasteiger partial charge in [-0.3, -0.25) is 0 Å². The molecule has 0 bridgehead atoms. The molecule has 8 nitrogen and oxygen atoms in total. The van der Waals surface area contributed by atoms with Crippen LogP contribution in [0.3, 0.4) is 0 Å². The molecule has 3 atom stereocenters. The van der Waals surface area contributed by atoms with Crippen molar-refractivity contribution in [2.24, 2.45) is 0 Å². The second kappa shape index (κ2) is 16.5. The molecule has 3 unspecified atom stereocenters. The molecule has 0 amide bonds. The zero-order chi connectivity index (χ0) is 32.3. The minimum absolute atomic E-state index is 0.00540. The van der Waals surface area contributed by atoms with Gasteiger partial charge in [0.15, 0.2) is 11.5 Å². The van der Waals surface area contributed by atoms with Crippen molar-refractivity contribution in [1.82, 2.24) is 0 Å². The standard InChI is InChI=1S/C36H40F2O8/c1-2-3-8-28(21-30-23-43-30)44-27-16-12-25(13-17-27)36(40)46-32-19-18-31(33(37)34(32)38)45-35(39)24-10-14-26(15-11-24)41-20-7-5-4-6-9-29-22-42-29/h10-19,28-30H,2-9,20-23H2,1H3. The first-order valence-corrected chi connectivity index (χ1v) is 16.0. The van der Waals surface area contributed by atoms with E-state index in [2.05, 4.69) is 6.92 Å². The van der Waals surface area contributed by atoms with Crippen LogP contribution in [0, 0.1) is 11.6 Å². The number of esters is 2. The van der Waals surface area contributed by atoms with Gasteiger partial charge in [-0.05, 0) is 79.9 Å². The quantitative estimate of drug-likeness (QED) is 0.0567. The van der Waals surface area contributed by atoms with Crippen molar-refractivity contribution in [2.45, 2.75) is 83.0 Å². The molecule has 2 saturated heterocycles. The number of halogens is 2. The number of hydrogen-bond acceptors (Lipinski definition) is 8. The summed E-state index contributed by atoms with van der Waals surface area (Å²) in [4.78, 5) is 25.3.